The Labute approximate surface area is 108 Å². The summed E-state index contributed by atoms with van der Waals surface area (Å²) in [5, 5.41) is 7.77. The van der Waals surface area contributed by atoms with Crippen LogP contribution in [0.1, 0.15) is 25.5 Å². The third kappa shape index (κ3) is 3.70. The Balaban J connectivity index is 2.56. The molecule has 0 saturated carbocycles. The molecule has 0 aliphatic rings. The van der Waals surface area contributed by atoms with E-state index >= 15 is 0 Å². The van der Waals surface area contributed by atoms with E-state index in [4.69, 9.17) is 5.73 Å². The molecule has 3 N–H and O–H groups in total. The van der Waals surface area contributed by atoms with Crippen LogP contribution in [0.15, 0.2) is 12.7 Å². The highest BCUT2D eigenvalue weighted by Crippen LogP contribution is 2.27. The molecule has 0 fully saturated rings. The molecular formula is C12H22N4S. The first kappa shape index (κ1) is 14.0. The van der Waals surface area contributed by atoms with E-state index in [1.807, 2.05) is 29.6 Å². The molecule has 1 rings (SSSR count). The van der Waals surface area contributed by atoms with Crippen molar-refractivity contribution >= 4 is 23.3 Å². The summed E-state index contributed by atoms with van der Waals surface area (Å²) in [6, 6.07) is 0. The smallest absolute Gasteiger partial charge is 0.147 e. The summed E-state index contributed by atoms with van der Waals surface area (Å²) in [5.74, 6) is 3.30. The number of hydrogen-bond acceptors (Lipinski definition) is 4. The van der Waals surface area contributed by atoms with E-state index in [1.165, 1.54) is 0 Å². The van der Waals surface area contributed by atoms with Crippen molar-refractivity contribution in [2.24, 2.45) is 7.05 Å². The van der Waals surface area contributed by atoms with Crippen LogP contribution in [0.25, 0.3) is 0 Å². The van der Waals surface area contributed by atoms with Crippen LogP contribution in [-0.4, -0.2) is 27.8 Å². The van der Waals surface area contributed by atoms with Gasteiger partial charge in [0, 0.05) is 25.1 Å². The van der Waals surface area contributed by atoms with E-state index in [0.29, 0.717) is 5.92 Å². The minimum atomic E-state index is 0.354. The first-order chi connectivity index (χ1) is 8.07. The SMILES string of the molecule is C=CCSCCNc1c(N)c(C(C)C)nn1C. The molecule has 17 heavy (non-hydrogen) atoms. The highest BCUT2D eigenvalue weighted by molar-refractivity contribution is 7.99. The lowest BCUT2D eigenvalue weighted by atomic mass is 10.1. The van der Waals surface area contributed by atoms with Crippen molar-refractivity contribution in [3.63, 3.8) is 0 Å². The summed E-state index contributed by atoms with van der Waals surface area (Å²) in [6.07, 6.45) is 1.92. The number of nitrogens with one attached hydrogen (secondary N) is 1. The lowest BCUT2D eigenvalue weighted by Crippen LogP contribution is -2.09. The second kappa shape index (κ2) is 6.59. The Morgan fingerprint density at radius 1 is 1.59 bits per heavy atom. The van der Waals surface area contributed by atoms with Crippen LogP contribution in [0.3, 0.4) is 0 Å². The molecule has 0 saturated heterocycles. The van der Waals surface area contributed by atoms with Crippen LogP contribution >= 0.6 is 11.8 Å². The lowest BCUT2D eigenvalue weighted by Gasteiger charge is -2.07. The van der Waals surface area contributed by atoms with Gasteiger partial charge in [0.25, 0.3) is 0 Å². The minimum Gasteiger partial charge on any atom is -0.394 e. The quantitative estimate of drug-likeness (QED) is 0.580. The third-order valence-electron chi connectivity index (χ3n) is 2.43. The molecule has 0 aliphatic heterocycles. The van der Waals surface area contributed by atoms with Gasteiger partial charge in [-0.3, -0.25) is 4.68 Å². The Hall–Kier alpha value is -1.10. The van der Waals surface area contributed by atoms with E-state index in [0.717, 1.165) is 35.2 Å². The number of aromatic nitrogens is 2. The fraction of sp³-hybridized carbons (Fsp3) is 0.583. The summed E-state index contributed by atoms with van der Waals surface area (Å²) in [4.78, 5) is 0. The number of anilines is 2. The van der Waals surface area contributed by atoms with Crippen LogP contribution in [0.2, 0.25) is 0 Å². The van der Waals surface area contributed by atoms with E-state index in [2.05, 4.69) is 30.8 Å². The van der Waals surface area contributed by atoms with Crippen LogP contribution in [0, 0.1) is 0 Å². The van der Waals surface area contributed by atoms with Gasteiger partial charge in [0.15, 0.2) is 0 Å². The van der Waals surface area contributed by atoms with Gasteiger partial charge in [-0.05, 0) is 5.92 Å². The van der Waals surface area contributed by atoms with Crippen molar-refractivity contribution < 1.29 is 0 Å². The lowest BCUT2D eigenvalue weighted by molar-refractivity contribution is 0.716. The molecular weight excluding hydrogens is 232 g/mol. The van der Waals surface area contributed by atoms with Crippen molar-refractivity contribution in [1.29, 1.82) is 0 Å². The third-order valence-corrected chi connectivity index (χ3v) is 3.40. The number of nitrogen functional groups attached to an aromatic ring is 1. The Bertz CT molecular complexity index is 371. The Kier molecular flexibility index (Phi) is 5.41. The molecule has 4 nitrogen and oxygen atoms in total. The first-order valence-corrected chi connectivity index (χ1v) is 6.98. The highest BCUT2D eigenvalue weighted by Gasteiger charge is 2.15. The van der Waals surface area contributed by atoms with E-state index in [-0.39, 0.29) is 0 Å². The molecule has 0 unspecified atom stereocenters. The number of hydrogen-bond donors (Lipinski definition) is 2. The summed E-state index contributed by atoms with van der Waals surface area (Å²) >= 11 is 1.85. The van der Waals surface area contributed by atoms with E-state index < -0.39 is 0 Å². The van der Waals surface area contributed by atoms with Gasteiger partial charge in [0.2, 0.25) is 0 Å². The summed E-state index contributed by atoms with van der Waals surface area (Å²) in [5.41, 5.74) is 7.82. The molecule has 0 aromatic carbocycles. The zero-order chi connectivity index (χ0) is 12.8. The average Bonchev–Trinajstić information content (AvgIpc) is 2.56. The summed E-state index contributed by atoms with van der Waals surface area (Å²) in [6.45, 7) is 8.78. The van der Waals surface area contributed by atoms with Gasteiger partial charge in [-0.15, -0.1) is 6.58 Å². The van der Waals surface area contributed by atoms with E-state index in [9.17, 15) is 0 Å². The van der Waals surface area contributed by atoms with Crippen molar-refractivity contribution in [1.82, 2.24) is 9.78 Å². The molecule has 0 aliphatic carbocycles. The van der Waals surface area contributed by atoms with Gasteiger partial charge in [-0.1, -0.05) is 19.9 Å². The predicted molar refractivity (Wildman–Crippen MR) is 77.7 cm³/mol. The van der Waals surface area contributed by atoms with Crippen LogP contribution in [0.5, 0.6) is 0 Å². The molecule has 1 aromatic rings. The predicted octanol–water partition coefficient (Wildman–Crippen LogP) is 2.46. The van der Waals surface area contributed by atoms with Gasteiger partial charge in [-0.25, -0.2) is 0 Å². The summed E-state index contributed by atoms with van der Waals surface area (Å²) in [7, 11) is 1.92. The second-order valence-corrected chi connectivity index (χ2v) is 5.37. The Morgan fingerprint density at radius 3 is 2.82 bits per heavy atom. The number of nitrogens with zero attached hydrogens (tertiary/aromatic N) is 2. The fourth-order valence-electron chi connectivity index (χ4n) is 1.61. The largest absolute Gasteiger partial charge is 0.394 e. The van der Waals surface area contributed by atoms with Gasteiger partial charge >= 0.3 is 0 Å². The molecule has 0 radical (unpaired) electrons. The van der Waals surface area contributed by atoms with Crippen LogP contribution in [-0.2, 0) is 7.05 Å². The molecule has 5 heteroatoms. The molecule has 1 heterocycles. The number of nitrogens with two attached hydrogens (primary N) is 1. The van der Waals surface area contributed by atoms with Gasteiger partial charge in [0.05, 0.1) is 11.4 Å². The molecule has 0 bridgehead atoms. The van der Waals surface area contributed by atoms with Gasteiger partial charge in [0.1, 0.15) is 5.82 Å². The molecule has 0 spiro atoms. The standard InChI is InChI=1S/C12H22N4S/c1-5-7-17-8-6-14-12-10(13)11(9(2)3)15-16(12)4/h5,9,14H,1,6-8,13H2,2-4H3. The Morgan fingerprint density at radius 2 is 2.29 bits per heavy atom. The fourth-order valence-corrected chi connectivity index (χ4v) is 2.19. The molecule has 96 valence electrons. The topological polar surface area (TPSA) is 55.9 Å². The summed E-state index contributed by atoms with van der Waals surface area (Å²) < 4.78 is 1.82. The van der Waals surface area contributed by atoms with Crippen molar-refractivity contribution in [2.45, 2.75) is 19.8 Å². The second-order valence-electron chi connectivity index (χ2n) is 4.22. The highest BCUT2D eigenvalue weighted by atomic mass is 32.2. The van der Waals surface area contributed by atoms with E-state index in [1.54, 1.807) is 0 Å². The minimum absolute atomic E-state index is 0.354. The number of aryl methyl sites for hydroxylation is 1. The molecule has 1 aromatic heterocycles. The molecule has 0 amide bonds. The first-order valence-electron chi connectivity index (χ1n) is 5.82. The van der Waals surface area contributed by atoms with Crippen LogP contribution in [0.4, 0.5) is 11.5 Å². The maximum atomic E-state index is 6.08. The normalized spacial score (nSPS) is 10.8. The number of rotatable bonds is 7. The zero-order valence-electron chi connectivity index (χ0n) is 10.9. The van der Waals surface area contributed by atoms with Gasteiger partial charge in [-0.2, -0.15) is 16.9 Å². The average molecular weight is 254 g/mol. The zero-order valence-corrected chi connectivity index (χ0v) is 11.7. The van der Waals surface area contributed by atoms with Gasteiger partial charge < -0.3 is 11.1 Å². The number of thioether (sulfide) groups is 1. The van der Waals surface area contributed by atoms with Crippen LogP contribution < -0.4 is 11.1 Å². The van der Waals surface area contributed by atoms with Crippen molar-refractivity contribution in [2.75, 3.05) is 29.1 Å². The maximum absolute atomic E-state index is 6.08. The van der Waals surface area contributed by atoms with Crippen molar-refractivity contribution in [3.8, 4) is 0 Å². The van der Waals surface area contributed by atoms with Crippen molar-refractivity contribution in [3.05, 3.63) is 18.3 Å². The maximum Gasteiger partial charge on any atom is 0.147 e. The monoisotopic (exact) mass is 254 g/mol. The molecule has 0 atom stereocenters.